The molecule has 3 rings (SSSR count). The number of amides is 2. The first-order chi connectivity index (χ1) is 16.7. The SMILES string of the molecule is CCc1ccc(C)c(C2C=C3C(=CC2CC)NC(=O)/C3=C(/C)NC(=N)/C=C\NCC(=O)N(C)C)c1. The Kier molecular flexibility index (Phi) is 8.33. The Morgan fingerprint density at radius 1 is 1.23 bits per heavy atom. The highest BCUT2D eigenvalue weighted by molar-refractivity contribution is 6.06. The number of likely N-dealkylation sites (N-methyl/N-ethyl adjacent to an activating group) is 1. The van der Waals surface area contributed by atoms with E-state index in [0.717, 1.165) is 24.1 Å². The summed E-state index contributed by atoms with van der Waals surface area (Å²) < 4.78 is 0. The lowest BCUT2D eigenvalue weighted by atomic mass is 9.76. The predicted octanol–water partition coefficient (Wildman–Crippen LogP) is 3.65. The molecule has 1 aromatic rings. The van der Waals surface area contributed by atoms with Crippen LogP contribution in [-0.4, -0.2) is 43.2 Å². The van der Waals surface area contributed by atoms with Gasteiger partial charge in [0.15, 0.2) is 0 Å². The number of nitrogens with one attached hydrogen (secondary N) is 4. The van der Waals surface area contributed by atoms with Gasteiger partial charge in [0, 0.05) is 43.2 Å². The third-order valence-corrected chi connectivity index (χ3v) is 6.62. The largest absolute Gasteiger partial charge is 0.382 e. The summed E-state index contributed by atoms with van der Waals surface area (Å²) in [5.74, 6) is 0.380. The number of hydrogen-bond donors (Lipinski definition) is 4. The van der Waals surface area contributed by atoms with Crippen molar-refractivity contribution in [2.45, 2.75) is 46.5 Å². The first-order valence-corrected chi connectivity index (χ1v) is 12.2. The number of hydrogen-bond acceptors (Lipinski definition) is 4. The van der Waals surface area contributed by atoms with E-state index >= 15 is 0 Å². The summed E-state index contributed by atoms with van der Waals surface area (Å²) in [5.41, 5.74) is 6.79. The quantitative estimate of drug-likeness (QED) is 0.262. The second-order valence-electron chi connectivity index (χ2n) is 9.30. The number of carbonyl (C=O) groups excluding carboxylic acids is 2. The summed E-state index contributed by atoms with van der Waals surface area (Å²) >= 11 is 0. The lowest BCUT2D eigenvalue weighted by Crippen LogP contribution is -2.31. The van der Waals surface area contributed by atoms with Crippen LogP contribution in [0.3, 0.4) is 0 Å². The van der Waals surface area contributed by atoms with Crippen LogP contribution in [0.5, 0.6) is 0 Å². The summed E-state index contributed by atoms with van der Waals surface area (Å²) in [7, 11) is 3.38. The molecule has 0 radical (unpaired) electrons. The summed E-state index contributed by atoms with van der Waals surface area (Å²) in [5, 5.41) is 17.1. The maximum absolute atomic E-state index is 12.9. The van der Waals surface area contributed by atoms with E-state index in [1.165, 1.54) is 27.7 Å². The molecule has 0 saturated carbocycles. The highest BCUT2D eigenvalue weighted by atomic mass is 16.2. The molecule has 1 aliphatic heterocycles. The molecule has 1 heterocycles. The smallest absolute Gasteiger partial charge is 0.258 e. The summed E-state index contributed by atoms with van der Waals surface area (Å²) in [6.45, 7) is 8.46. The van der Waals surface area contributed by atoms with Crippen molar-refractivity contribution in [1.29, 1.82) is 5.41 Å². The van der Waals surface area contributed by atoms with Crippen molar-refractivity contribution < 1.29 is 9.59 Å². The second-order valence-corrected chi connectivity index (χ2v) is 9.30. The van der Waals surface area contributed by atoms with Crippen LogP contribution in [0.4, 0.5) is 0 Å². The minimum atomic E-state index is -0.159. The molecule has 7 heteroatoms. The Hall–Kier alpha value is -3.61. The molecule has 1 fully saturated rings. The second kappa shape index (κ2) is 11.2. The zero-order valence-corrected chi connectivity index (χ0v) is 21.6. The van der Waals surface area contributed by atoms with E-state index < -0.39 is 0 Å². The number of rotatable bonds is 8. The molecule has 1 aromatic carbocycles. The Bertz CT molecular complexity index is 1140. The molecular weight excluding hydrogens is 438 g/mol. The Morgan fingerprint density at radius 3 is 2.63 bits per heavy atom. The third kappa shape index (κ3) is 5.91. The van der Waals surface area contributed by atoms with Gasteiger partial charge >= 0.3 is 0 Å². The van der Waals surface area contributed by atoms with Crippen LogP contribution >= 0.6 is 0 Å². The minimum Gasteiger partial charge on any atom is -0.382 e. The van der Waals surface area contributed by atoms with Gasteiger partial charge in [-0.2, -0.15) is 0 Å². The van der Waals surface area contributed by atoms with Crippen molar-refractivity contribution in [3.05, 3.63) is 81.9 Å². The van der Waals surface area contributed by atoms with Crippen LogP contribution in [0.15, 0.2) is 65.2 Å². The Morgan fingerprint density at radius 2 is 1.97 bits per heavy atom. The first-order valence-electron chi connectivity index (χ1n) is 12.2. The molecular formula is C28H37N5O2. The lowest BCUT2D eigenvalue weighted by Gasteiger charge is -2.28. The van der Waals surface area contributed by atoms with Crippen LogP contribution < -0.4 is 16.0 Å². The summed E-state index contributed by atoms with van der Waals surface area (Å²) in [6.07, 6.45) is 9.45. The van der Waals surface area contributed by atoms with Crippen LogP contribution in [0.2, 0.25) is 0 Å². The number of carbonyl (C=O) groups is 2. The van der Waals surface area contributed by atoms with E-state index in [-0.39, 0.29) is 30.1 Å². The van der Waals surface area contributed by atoms with Gasteiger partial charge in [0.1, 0.15) is 5.84 Å². The number of fused-ring (bicyclic) bond motifs is 1. The Balaban J connectivity index is 1.86. The van der Waals surface area contributed by atoms with Gasteiger partial charge in [-0.25, -0.2) is 0 Å². The number of aryl methyl sites for hydroxylation is 2. The third-order valence-electron chi connectivity index (χ3n) is 6.62. The molecule has 2 unspecified atom stereocenters. The first kappa shape index (κ1) is 26.0. The molecule has 4 N–H and O–H groups in total. The molecule has 35 heavy (non-hydrogen) atoms. The van der Waals surface area contributed by atoms with E-state index in [1.807, 2.05) is 6.92 Å². The number of amidine groups is 1. The van der Waals surface area contributed by atoms with Crippen LogP contribution in [0.1, 0.15) is 49.8 Å². The van der Waals surface area contributed by atoms with Gasteiger partial charge in [-0.15, -0.1) is 0 Å². The van der Waals surface area contributed by atoms with Gasteiger partial charge in [-0.05, 0) is 55.4 Å². The maximum Gasteiger partial charge on any atom is 0.258 e. The van der Waals surface area contributed by atoms with Crippen LogP contribution in [0, 0.1) is 18.3 Å². The average Bonchev–Trinajstić information content (AvgIpc) is 3.15. The van der Waals surface area contributed by atoms with E-state index in [9.17, 15) is 9.59 Å². The number of benzene rings is 1. The molecule has 2 amide bonds. The van der Waals surface area contributed by atoms with Crippen molar-refractivity contribution in [1.82, 2.24) is 20.9 Å². The molecule has 1 aliphatic carbocycles. The molecule has 0 aromatic heterocycles. The summed E-state index contributed by atoms with van der Waals surface area (Å²) in [4.78, 5) is 26.1. The van der Waals surface area contributed by atoms with Gasteiger partial charge in [0.25, 0.3) is 5.91 Å². The van der Waals surface area contributed by atoms with Gasteiger partial charge in [0.2, 0.25) is 5.91 Å². The van der Waals surface area contributed by atoms with Crippen molar-refractivity contribution in [2.75, 3.05) is 20.6 Å². The summed E-state index contributed by atoms with van der Waals surface area (Å²) in [6, 6.07) is 6.67. The van der Waals surface area contributed by atoms with Crippen LogP contribution in [0.25, 0.3) is 0 Å². The van der Waals surface area contributed by atoms with Crippen LogP contribution in [-0.2, 0) is 16.0 Å². The van der Waals surface area contributed by atoms with E-state index in [0.29, 0.717) is 17.2 Å². The van der Waals surface area contributed by atoms with Gasteiger partial charge in [-0.3, -0.25) is 15.0 Å². The molecule has 186 valence electrons. The average molecular weight is 476 g/mol. The molecule has 7 nitrogen and oxygen atoms in total. The maximum atomic E-state index is 12.9. The zero-order valence-electron chi connectivity index (χ0n) is 21.6. The number of allylic oxidation sites excluding steroid dienone is 4. The fraction of sp³-hybridized carbons (Fsp3) is 0.393. The van der Waals surface area contributed by atoms with E-state index in [4.69, 9.17) is 5.41 Å². The van der Waals surface area contributed by atoms with Crippen molar-refractivity contribution in [2.24, 2.45) is 5.92 Å². The van der Waals surface area contributed by atoms with E-state index in [1.54, 1.807) is 20.3 Å². The fourth-order valence-electron chi connectivity index (χ4n) is 4.52. The standard InChI is InChI=1S/C28H37N5O2/c1-7-19-10-9-17(3)21(13-19)22-15-23-24(14-20(22)8-2)32-28(35)27(23)18(4)31-25(29)11-12-30-16-26(34)33(5)6/h9-15,20,22,30H,7-8,16H2,1-6H3,(H2,29,31)(H,32,35)/b12-11-,27-18-. The Labute approximate surface area is 208 Å². The highest BCUT2D eigenvalue weighted by Crippen LogP contribution is 2.42. The molecule has 0 spiro atoms. The van der Waals surface area contributed by atoms with Gasteiger partial charge in [0.05, 0.1) is 12.1 Å². The predicted molar refractivity (Wildman–Crippen MR) is 141 cm³/mol. The van der Waals surface area contributed by atoms with E-state index in [2.05, 4.69) is 67.1 Å². The van der Waals surface area contributed by atoms with Crippen molar-refractivity contribution in [3.8, 4) is 0 Å². The monoisotopic (exact) mass is 475 g/mol. The highest BCUT2D eigenvalue weighted by Gasteiger charge is 2.35. The van der Waals surface area contributed by atoms with Crippen molar-refractivity contribution >= 4 is 17.6 Å². The molecule has 1 saturated heterocycles. The fourth-order valence-corrected chi connectivity index (χ4v) is 4.52. The normalized spacial score (nSPS) is 20.6. The minimum absolute atomic E-state index is 0.0572. The topological polar surface area (TPSA) is 97.3 Å². The van der Waals surface area contributed by atoms with Crippen molar-refractivity contribution in [3.63, 3.8) is 0 Å². The molecule has 2 aliphatic rings. The molecule has 2 atom stereocenters. The van der Waals surface area contributed by atoms with Gasteiger partial charge < -0.3 is 20.9 Å². The molecule has 0 bridgehead atoms. The lowest BCUT2D eigenvalue weighted by molar-refractivity contribution is -0.127. The zero-order chi connectivity index (χ0) is 25.7. The number of nitrogens with zero attached hydrogens (tertiary/aromatic N) is 1. The van der Waals surface area contributed by atoms with Gasteiger partial charge in [-0.1, -0.05) is 44.2 Å².